The molecule has 3 amide bonds. The molecular weight excluding hydrogens is 304 g/mol. The fourth-order valence-electron chi connectivity index (χ4n) is 3.06. The molecule has 0 aliphatic carbocycles. The van der Waals surface area contributed by atoms with Gasteiger partial charge in [0.15, 0.2) is 0 Å². The Morgan fingerprint density at radius 3 is 2.45 bits per heavy atom. The van der Waals surface area contributed by atoms with Crippen molar-refractivity contribution in [3.8, 4) is 0 Å². The highest BCUT2D eigenvalue weighted by molar-refractivity contribution is 8.14. The average molecular weight is 322 g/mol. The summed E-state index contributed by atoms with van der Waals surface area (Å²) in [4.78, 5) is 39.2. The number of hydrogen-bond acceptors (Lipinski definition) is 5. The van der Waals surface area contributed by atoms with E-state index in [-0.39, 0.29) is 28.8 Å². The van der Waals surface area contributed by atoms with Crippen LogP contribution in [-0.4, -0.2) is 51.7 Å². The van der Waals surface area contributed by atoms with E-state index < -0.39 is 0 Å². The van der Waals surface area contributed by atoms with Crippen molar-refractivity contribution in [2.45, 2.75) is 32.7 Å². The fraction of sp³-hybridized carbons (Fsp3) is 0.533. The van der Waals surface area contributed by atoms with Gasteiger partial charge in [0, 0.05) is 19.1 Å². The van der Waals surface area contributed by atoms with Crippen molar-refractivity contribution >= 4 is 28.8 Å². The van der Waals surface area contributed by atoms with Crippen LogP contribution in [0.5, 0.6) is 0 Å². The molecule has 0 unspecified atom stereocenters. The van der Waals surface area contributed by atoms with Gasteiger partial charge in [0.2, 0.25) is 5.91 Å². The van der Waals surface area contributed by atoms with Gasteiger partial charge < -0.3 is 9.32 Å². The van der Waals surface area contributed by atoms with Crippen LogP contribution in [0.25, 0.3) is 0 Å². The first-order chi connectivity index (χ1) is 10.5. The molecule has 0 atom stereocenters. The third-order valence-corrected chi connectivity index (χ3v) is 5.01. The van der Waals surface area contributed by atoms with E-state index in [1.807, 2.05) is 6.92 Å². The highest BCUT2D eigenvalue weighted by Crippen LogP contribution is 2.27. The lowest BCUT2D eigenvalue weighted by Gasteiger charge is -2.35. The molecule has 22 heavy (non-hydrogen) atoms. The summed E-state index contributed by atoms with van der Waals surface area (Å²) in [7, 11) is 0. The smallest absolute Gasteiger partial charge is 0.289 e. The molecule has 2 fully saturated rings. The van der Waals surface area contributed by atoms with E-state index in [4.69, 9.17) is 4.42 Å². The third kappa shape index (κ3) is 2.65. The molecule has 0 N–H and O–H groups in total. The Balaban J connectivity index is 1.64. The molecule has 2 aliphatic rings. The topological polar surface area (TPSA) is 70.8 Å². The summed E-state index contributed by atoms with van der Waals surface area (Å²) in [5, 5.41) is -0.156. The molecule has 0 aromatic carbocycles. The minimum absolute atomic E-state index is 0.0405. The SMILES string of the molecule is Cc1cc(C(=O)N2CCC(N3C(=O)CSC3=O)CC2)c(C)o1. The van der Waals surface area contributed by atoms with E-state index in [1.165, 1.54) is 4.90 Å². The Bertz CT molecular complexity index is 615. The number of aryl methyl sites for hydroxylation is 2. The number of furan rings is 1. The number of carbonyl (C=O) groups excluding carboxylic acids is 3. The number of imide groups is 1. The summed E-state index contributed by atoms with van der Waals surface area (Å²) in [6.07, 6.45) is 1.28. The van der Waals surface area contributed by atoms with E-state index in [0.717, 1.165) is 17.5 Å². The molecule has 3 heterocycles. The summed E-state index contributed by atoms with van der Waals surface area (Å²) in [5.41, 5.74) is 0.597. The van der Waals surface area contributed by atoms with Gasteiger partial charge in [-0.25, -0.2) is 0 Å². The molecule has 3 rings (SSSR count). The van der Waals surface area contributed by atoms with Gasteiger partial charge >= 0.3 is 0 Å². The summed E-state index contributed by atoms with van der Waals surface area (Å²) in [6, 6.07) is 1.68. The minimum Gasteiger partial charge on any atom is -0.466 e. The van der Waals surface area contributed by atoms with E-state index in [1.54, 1.807) is 17.9 Å². The number of hydrogen-bond donors (Lipinski definition) is 0. The summed E-state index contributed by atoms with van der Waals surface area (Å²) in [6.45, 7) is 4.70. The standard InChI is InChI=1S/C15H18N2O4S/c1-9-7-12(10(2)21-9)14(19)16-5-3-11(4-6-16)17-13(18)8-22-15(17)20/h7,11H,3-6,8H2,1-2H3. The molecule has 1 aromatic rings. The maximum absolute atomic E-state index is 12.5. The highest BCUT2D eigenvalue weighted by atomic mass is 32.2. The predicted octanol–water partition coefficient (Wildman–Crippen LogP) is 2.20. The van der Waals surface area contributed by atoms with Crippen molar-refractivity contribution in [3.63, 3.8) is 0 Å². The molecule has 0 saturated carbocycles. The first-order valence-corrected chi connectivity index (χ1v) is 8.31. The largest absolute Gasteiger partial charge is 0.466 e. The van der Waals surface area contributed by atoms with Crippen molar-refractivity contribution in [1.82, 2.24) is 9.80 Å². The Labute approximate surface area is 132 Å². The zero-order valence-corrected chi connectivity index (χ0v) is 13.4. The van der Waals surface area contributed by atoms with Crippen LogP contribution in [0.4, 0.5) is 4.79 Å². The van der Waals surface area contributed by atoms with Crippen LogP contribution >= 0.6 is 11.8 Å². The lowest BCUT2D eigenvalue weighted by Crippen LogP contribution is -2.48. The van der Waals surface area contributed by atoms with Crippen molar-refractivity contribution in [2.75, 3.05) is 18.8 Å². The monoisotopic (exact) mass is 322 g/mol. The Morgan fingerprint density at radius 2 is 1.95 bits per heavy atom. The molecule has 0 radical (unpaired) electrons. The van der Waals surface area contributed by atoms with Crippen LogP contribution in [0.2, 0.25) is 0 Å². The van der Waals surface area contributed by atoms with Crippen LogP contribution < -0.4 is 0 Å². The van der Waals surface area contributed by atoms with E-state index >= 15 is 0 Å². The first kappa shape index (κ1) is 15.1. The van der Waals surface area contributed by atoms with Gasteiger partial charge in [-0.2, -0.15) is 0 Å². The number of likely N-dealkylation sites (tertiary alicyclic amines) is 1. The molecule has 118 valence electrons. The normalized spacial score (nSPS) is 20.1. The van der Waals surface area contributed by atoms with Gasteiger partial charge in [-0.3, -0.25) is 19.3 Å². The summed E-state index contributed by atoms with van der Waals surface area (Å²) < 4.78 is 5.41. The van der Waals surface area contributed by atoms with Crippen LogP contribution in [0.15, 0.2) is 10.5 Å². The van der Waals surface area contributed by atoms with Crippen LogP contribution in [0.1, 0.15) is 34.7 Å². The van der Waals surface area contributed by atoms with Gasteiger partial charge in [-0.1, -0.05) is 11.8 Å². The molecule has 1 aromatic heterocycles. The first-order valence-electron chi connectivity index (χ1n) is 7.32. The summed E-state index contributed by atoms with van der Waals surface area (Å²) in [5.74, 6) is 1.44. The van der Waals surface area contributed by atoms with Gasteiger partial charge in [-0.05, 0) is 32.8 Å². The van der Waals surface area contributed by atoms with E-state index in [2.05, 4.69) is 0 Å². The van der Waals surface area contributed by atoms with Gasteiger partial charge in [0.1, 0.15) is 11.5 Å². The molecule has 2 aliphatic heterocycles. The van der Waals surface area contributed by atoms with E-state index in [9.17, 15) is 14.4 Å². The zero-order chi connectivity index (χ0) is 15.9. The number of piperidine rings is 1. The van der Waals surface area contributed by atoms with Crippen molar-refractivity contribution in [1.29, 1.82) is 0 Å². The second-order valence-corrected chi connectivity index (χ2v) is 6.60. The van der Waals surface area contributed by atoms with E-state index in [0.29, 0.717) is 37.3 Å². The van der Waals surface area contributed by atoms with Crippen molar-refractivity contribution in [3.05, 3.63) is 23.2 Å². The molecule has 0 bridgehead atoms. The number of carbonyl (C=O) groups is 3. The van der Waals surface area contributed by atoms with Crippen molar-refractivity contribution < 1.29 is 18.8 Å². The second-order valence-electron chi connectivity index (χ2n) is 5.67. The predicted molar refractivity (Wildman–Crippen MR) is 81.8 cm³/mol. The minimum atomic E-state index is -0.156. The lowest BCUT2D eigenvalue weighted by molar-refractivity contribution is -0.126. The number of amides is 3. The fourth-order valence-corrected chi connectivity index (χ4v) is 3.83. The second kappa shape index (κ2) is 5.79. The molecule has 0 spiro atoms. The average Bonchev–Trinajstić information content (AvgIpc) is 3.00. The quantitative estimate of drug-likeness (QED) is 0.835. The highest BCUT2D eigenvalue weighted by Gasteiger charge is 2.38. The third-order valence-electron chi connectivity index (χ3n) is 4.17. The Morgan fingerprint density at radius 1 is 1.27 bits per heavy atom. The number of rotatable bonds is 2. The maximum Gasteiger partial charge on any atom is 0.289 e. The van der Waals surface area contributed by atoms with Gasteiger partial charge in [0.25, 0.3) is 11.1 Å². The lowest BCUT2D eigenvalue weighted by atomic mass is 10.0. The maximum atomic E-state index is 12.5. The van der Waals surface area contributed by atoms with Crippen LogP contribution in [0.3, 0.4) is 0 Å². The van der Waals surface area contributed by atoms with Gasteiger partial charge in [0.05, 0.1) is 11.3 Å². The van der Waals surface area contributed by atoms with Crippen molar-refractivity contribution in [2.24, 2.45) is 0 Å². The molecule has 6 nitrogen and oxygen atoms in total. The summed E-state index contributed by atoms with van der Waals surface area (Å²) >= 11 is 1.06. The zero-order valence-electron chi connectivity index (χ0n) is 12.6. The molecule has 2 saturated heterocycles. The van der Waals surface area contributed by atoms with Gasteiger partial charge in [-0.15, -0.1) is 0 Å². The van der Waals surface area contributed by atoms with Crippen LogP contribution in [0, 0.1) is 13.8 Å². The Hall–Kier alpha value is -1.76. The molecule has 7 heteroatoms. The number of nitrogens with zero attached hydrogens (tertiary/aromatic N) is 2. The van der Waals surface area contributed by atoms with Crippen LogP contribution in [-0.2, 0) is 4.79 Å². The number of thioether (sulfide) groups is 1. The Kier molecular flexibility index (Phi) is 3.99. The molecular formula is C15H18N2O4S.